The molecule has 1 aliphatic heterocycles. The molecule has 204 valence electrons. The predicted molar refractivity (Wildman–Crippen MR) is 144 cm³/mol. The molecule has 0 saturated carbocycles. The fraction of sp³-hybridized carbons (Fsp3) is 0.310. The van der Waals surface area contributed by atoms with Gasteiger partial charge >= 0.3 is 0 Å². The van der Waals surface area contributed by atoms with E-state index in [-0.39, 0.29) is 30.2 Å². The van der Waals surface area contributed by atoms with Crippen molar-refractivity contribution in [2.75, 3.05) is 30.3 Å². The van der Waals surface area contributed by atoms with Gasteiger partial charge in [0.1, 0.15) is 17.5 Å². The van der Waals surface area contributed by atoms with Crippen LogP contribution in [0.15, 0.2) is 66.9 Å². The summed E-state index contributed by atoms with van der Waals surface area (Å²) in [5.41, 5.74) is 2.18. The molecule has 8 nitrogen and oxygen atoms in total. The summed E-state index contributed by atoms with van der Waals surface area (Å²) in [6.45, 7) is 4.83. The normalized spacial score (nSPS) is 17.5. The van der Waals surface area contributed by atoms with Crippen molar-refractivity contribution < 1.29 is 23.2 Å². The van der Waals surface area contributed by atoms with Crippen LogP contribution >= 0.6 is 0 Å². The Hall–Kier alpha value is -4.18. The summed E-state index contributed by atoms with van der Waals surface area (Å²) in [4.78, 5) is 43.3. The average molecular weight is 536 g/mol. The predicted octanol–water partition coefficient (Wildman–Crippen LogP) is 3.55. The molecule has 0 spiro atoms. The van der Waals surface area contributed by atoms with Crippen LogP contribution in [0.5, 0.6) is 0 Å². The zero-order valence-electron chi connectivity index (χ0n) is 21.8. The first-order chi connectivity index (χ1) is 18.6. The number of amides is 3. The Kier molecular flexibility index (Phi) is 8.65. The van der Waals surface area contributed by atoms with E-state index in [2.05, 4.69) is 20.9 Å². The highest BCUT2D eigenvalue weighted by molar-refractivity contribution is 5.96. The maximum Gasteiger partial charge on any atom is 0.243 e. The topological polar surface area (TPSA) is 103 Å². The van der Waals surface area contributed by atoms with E-state index in [9.17, 15) is 23.2 Å². The second kappa shape index (κ2) is 12.1. The van der Waals surface area contributed by atoms with Crippen molar-refractivity contribution in [2.45, 2.75) is 32.2 Å². The molecule has 3 amide bonds. The molecule has 3 N–H and O–H groups in total. The van der Waals surface area contributed by atoms with Crippen molar-refractivity contribution in [2.24, 2.45) is 5.92 Å². The molecule has 10 heteroatoms. The fourth-order valence-electron chi connectivity index (χ4n) is 4.61. The summed E-state index contributed by atoms with van der Waals surface area (Å²) in [5.74, 6) is -1.06. The standard InChI is InChI=1S/C23H27N5O3.C6H4F2/c1-23(2)22(31)28(10-9-25-23)14-20(29)26-18-7-6-15-11-17(12-16(15)13-18)21(30)27-19-5-3-4-8-24-19;7-5-2-1-3-6(8)4-5/h3-8,13,17,25H,9-12,14H2,1-2H3,(H,26,29)(H,24,27,30);1-4H. The minimum atomic E-state index is -0.656. The molecular weight excluding hydrogens is 504 g/mol. The molecule has 39 heavy (non-hydrogen) atoms. The number of carbonyl (C=O) groups is 3. The van der Waals surface area contributed by atoms with Gasteiger partial charge in [-0.1, -0.05) is 18.2 Å². The molecule has 1 saturated heterocycles. The molecule has 5 rings (SSSR count). The Morgan fingerprint density at radius 3 is 2.41 bits per heavy atom. The molecule has 2 aromatic carbocycles. The van der Waals surface area contributed by atoms with Gasteiger partial charge in [0, 0.05) is 37.0 Å². The maximum atomic E-state index is 12.6. The number of aromatic nitrogens is 1. The van der Waals surface area contributed by atoms with Crippen molar-refractivity contribution in [3.8, 4) is 0 Å². The van der Waals surface area contributed by atoms with Crippen LogP contribution in [-0.2, 0) is 27.2 Å². The highest BCUT2D eigenvalue weighted by Gasteiger charge is 2.36. The Morgan fingerprint density at radius 2 is 1.74 bits per heavy atom. The Labute approximate surface area is 225 Å². The van der Waals surface area contributed by atoms with E-state index in [1.54, 1.807) is 23.2 Å². The van der Waals surface area contributed by atoms with Crippen LogP contribution in [0.1, 0.15) is 25.0 Å². The van der Waals surface area contributed by atoms with Crippen LogP contribution in [0.25, 0.3) is 0 Å². The summed E-state index contributed by atoms with van der Waals surface area (Å²) < 4.78 is 23.9. The van der Waals surface area contributed by atoms with E-state index in [1.165, 1.54) is 18.2 Å². The lowest BCUT2D eigenvalue weighted by Crippen LogP contribution is -2.62. The smallest absolute Gasteiger partial charge is 0.243 e. The molecule has 0 radical (unpaired) electrons. The first-order valence-corrected chi connectivity index (χ1v) is 12.7. The number of anilines is 2. The number of hydrogen-bond donors (Lipinski definition) is 3. The summed E-state index contributed by atoms with van der Waals surface area (Å²) in [5, 5.41) is 8.90. The summed E-state index contributed by atoms with van der Waals surface area (Å²) in [6, 6.07) is 15.7. The van der Waals surface area contributed by atoms with Crippen LogP contribution in [0, 0.1) is 17.6 Å². The van der Waals surface area contributed by atoms with Gasteiger partial charge in [0.2, 0.25) is 17.7 Å². The molecule has 0 bridgehead atoms. The van der Waals surface area contributed by atoms with Crippen molar-refractivity contribution >= 4 is 29.2 Å². The number of nitrogens with zero attached hydrogens (tertiary/aromatic N) is 2. The molecule has 2 aliphatic rings. The van der Waals surface area contributed by atoms with Crippen LogP contribution in [0.4, 0.5) is 20.3 Å². The maximum absolute atomic E-state index is 12.6. The van der Waals surface area contributed by atoms with Gasteiger partial charge in [-0.05, 0) is 74.2 Å². The molecular formula is C29H31F2N5O3. The van der Waals surface area contributed by atoms with Crippen molar-refractivity contribution in [1.82, 2.24) is 15.2 Å². The fourth-order valence-corrected chi connectivity index (χ4v) is 4.61. The molecule has 1 aromatic heterocycles. The highest BCUT2D eigenvalue weighted by Crippen LogP contribution is 2.30. The minimum Gasteiger partial charge on any atom is -0.331 e. The van der Waals surface area contributed by atoms with Crippen LogP contribution in [0.3, 0.4) is 0 Å². The Bertz CT molecular complexity index is 1330. The van der Waals surface area contributed by atoms with Gasteiger partial charge in [-0.25, -0.2) is 13.8 Å². The number of carbonyl (C=O) groups excluding carboxylic acids is 3. The monoisotopic (exact) mass is 535 g/mol. The first-order valence-electron chi connectivity index (χ1n) is 12.7. The summed E-state index contributed by atoms with van der Waals surface area (Å²) >= 11 is 0. The second-order valence-electron chi connectivity index (χ2n) is 10.1. The minimum absolute atomic E-state index is 0.0239. The number of hydrogen-bond acceptors (Lipinski definition) is 5. The van der Waals surface area contributed by atoms with E-state index >= 15 is 0 Å². The molecule has 3 aromatic rings. The van der Waals surface area contributed by atoms with Crippen molar-refractivity contribution in [1.29, 1.82) is 0 Å². The molecule has 2 heterocycles. The largest absolute Gasteiger partial charge is 0.331 e. The number of nitrogens with one attached hydrogen (secondary N) is 3. The van der Waals surface area contributed by atoms with Gasteiger partial charge in [-0.15, -0.1) is 0 Å². The SMILES string of the molecule is CC1(C)NCCN(CC(=O)Nc2ccc3c(c2)CC(C(=O)Nc2ccccn2)C3)C1=O.Fc1cccc(F)c1. The zero-order valence-corrected chi connectivity index (χ0v) is 21.8. The molecule has 1 unspecified atom stereocenters. The summed E-state index contributed by atoms with van der Waals surface area (Å²) in [6.07, 6.45) is 2.91. The number of piperazine rings is 1. The van der Waals surface area contributed by atoms with E-state index in [1.807, 2.05) is 38.1 Å². The number of rotatable bonds is 5. The molecule has 1 fully saturated rings. The van der Waals surface area contributed by atoms with Crippen molar-refractivity contribution in [3.63, 3.8) is 0 Å². The van der Waals surface area contributed by atoms with Gasteiger partial charge in [0.05, 0.1) is 12.1 Å². The third-order valence-corrected chi connectivity index (χ3v) is 6.60. The van der Waals surface area contributed by atoms with Gasteiger partial charge < -0.3 is 20.9 Å². The van der Waals surface area contributed by atoms with E-state index < -0.39 is 17.2 Å². The third-order valence-electron chi connectivity index (χ3n) is 6.60. The number of benzene rings is 2. The lowest BCUT2D eigenvalue weighted by Gasteiger charge is -2.37. The lowest BCUT2D eigenvalue weighted by atomic mass is 10.0. The first kappa shape index (κ1) is 27.8. The number of halogens is 2. The van der Waals surface area contributed by atoms with Crippen molar-refractivity contribution in [3.05, 3.63) is 89.6 Å². The van der Waals surface area contributed by atoms with E-state index in [4.69, 9.17) is 0 Å². The number of fused-ring (bicyclic) bond motifs is 1. The quantitative estimate of drug-likeness (QED) is 0.464. The molecule has 1 atom stereocenters. The van der Waals surface area contributed by atoms with E-state index in [0.717, 1.165) is 17.2 Å². The van der Waals surface area contributed by atoms with Gasteiger partial charge in [-0.2, -0.15) is 0 Å². The van der Waals surface area contributed by atoms with Gasteiger partial charge in [0.15, 0.2) is 0 Å². The van der Waals surface area contributed by atoms with Crippen LogP contribution < -0.4 is 16.0 Å². The van der Waals surface area contributed by atoms with Gasteiger partial charge in [0.25, 0.3) is 0 Å². The second-order valence-corrected chi connectivity index (χ2v) is 10.1. The summed E-state index contributed by atoms with van der Waals surface area (Å²) in [7, 11) is 0. The van der Waals surface area contributed by atoms with Gasteiger partial charge in [-0.3, -0.25) is 14.4 Å². The Morgan fingerprint density at radius 1 is 1.00 bits per heavy atom. The van der Waals surface area contributed by atoms with Crippen LogP contribution in [0.2, 0.25) is 0 Å². The highest BCUT2D eigenvalue weighted by atomic mass is 19.1. The molecule has 1 aliphatic carbocycles. The zero-order chi connectivity index (χ0) is 28.0. The average Bonchev–Trinajstić information content (AvgIpc) is 3.31. The third kappa shape index (κ3) is 7.44. The Balaban J connectivity index is 0.000000379. The lowest BCUT2D eigenvalue weighted by molar-refractivity contribution is -0.142. The van der Waals surface area contributed by atoms with E-state index in [0.29, 0.717) is 37.4 Å². The van der Waals surface area contributed by atoms with Crippen LogP contribution in [-0.4, -0.2) is 52.8 Å². The number of pyridine rings is 1.